The number of hydrogen-bond acceptors (Lipinski definition) is 4. The van der Waals surface area contributed by atoms with Crippen LogP contribution in [0.15, 0.2) is 24.4 Å². The van der Waals surface area contributed by atoms with Gasteiger partial charge in [-0.1, -0.05) is 0 Å². The lowest BCUT2D eigenvalue weighted by molar-refractivity contribution is -0.384. The minimum absolute atomic E-state index is 0.0950. The maximum absolute atomic E-state index is 13.6. The van der Waals surface area contributed by atoms with Crippen LogP contribution < -0.4 is 5.73 Å². The molecule has 2 rings (SSSR count). The molecule has 94 valence electrons. The summed E-state index contributed by atoms with van der Waals surface area (Å²) >= 11 is 0. The summed E-state index contributed by atoms with van der Waals surface area (Å²) in [6, 6.07) is 3.05. The smallest absolute Gasteiger partial charge is 0.298 e. The molecule has 2 N–H and O–H groups in total. The van der Waals surface area contributed by atoms with Gasteiger partial charge in [-0.05, 0) is 12.1 Å². The molecule has 0 bridgehead atoms. The fourth-order valence-corrected chi connectivity index (χ4v) is 1.49. The third-order valence-electron chi connectivity index (χ3n) is 2.33. The third-order valence-corrected chi connectivity index (χ3v) is 2.33. The van der Waals surface area contributed by atoms with Gasteiger partial charge in [-0.3, -0.25) is 10.1 Å². The van der Waals surface area contributed by atoms with E-state index < -0.39 is 27.9 Å². The molecule has 0 amide bonds. The summed E-state index contributed by atoms with van der Waals surface area (Å²) < 4.78 is 27.7. The summed E-state index contributed by atoms with van der Waals surface area (Å²) in [6.07, 6.45) is 1.28. The monoisotopic (exact) mass is 254 g/mol. The molecule has 0 saturated heterocycles. The molecule has 0 aliphatic rings. The highest BCUT2D eigenvalue weighted by molar-refractivity contribution is 5.53. The average molecular weight is 254 g/mol. The van der Waals surface area contributed by atoms with Crippen molar-refractivity contribution in [2.45, 2.75) is 6.54 Å². The number of benzene rings is 1. The fourth-order valence-electron chi connectivity index (χ4n) is 1.49. The Labute approximate surface area is 99.8 Å². The highest BCUT2D eigenvalue weighted by Gasteiger charge is 2.23. The van der Waals surface area contributed by atoms with E-state index in [1.54, 1.807) is 0 Å². The molecular weight excluding hydrogens is 246 g/mol. The second-order valence-corrected chi connectivity index (χ2v) is 3.44. The molecule has 1 aromatic heterocycles. The number of nitrogens with two attached hydrogens (primary N) is 1. The maximum atomic E-state index is 13.6. The molecule has 1 aromatic carbocycles. The molecular formula is C10H8F2N4O2. The number of aromatic nitrogens is 2. The lowest BCUT2D eigenvalue weighted by Crippen LogP contribution is -2.07. The molecule has 0 spiro atoms. The highest BCUT2D eigenvalue weighted by atomic mass is 19.2. The van der Waals surface area contributed by atoms with E-state index in [4.69, 9.17) is 5.73 Å². The van der Waals surface area contributed by atoms with E-state index in [-0.39, 0.29) is 6.54 Å². The SMILES string of the molecule is NCc1ccn(-c2c([N+](=O)[O-])ccc(F)c2F)n1. The molecule has 0 aliphatic carbocycles. The first-order valence-electron chi connectivity index (χ1n) is 4.92. The van der Waals surface area contributed by atoms with Gasteiger partial charge in [0.15, 0.2) is 17.3 Å². The van der Waals surface area contributed by atoms with Gasteiger partial charge in [-0.25, -0.2) is 13.5 Å². The Morgan fingerprint density at radius 3 is 2.67 bits per heavy atom. The number of nitro groups is 1. The van der Waals surface area contributed by atoms with Crippen LogP contribution in [0.3, 0.4) is 0 Å². The Bertz CT molecular complexity index is 612. The van der Waals surface area contributed by atoms with Crippen molar-refractivity contribution in [2.75, 3.05) is 0 Å². The summed E-state index contributed by atoms with van der Waals surface area (Å²) in [6.45, 7) is 0.0950. The topological polar surface area (TPSA) is 87.0 Å². The van der Waals surface area contributed by atoms with Crippen molar-refractivity contribution in [1.82, 2.24) is 9.78 Å². The van der Waals surface area contributed by atoms with Gasteiger partial charge in [-0.15, -0.1) is 0 Å². The summed E-state index contributed by atoms with van der Waals surface area (Å²) in [7, 11) is 0. The van der Waals surface area contributed by atoms with Crippen LogP contribution in [-0.4, -0.2) is 14.7 Å². The van der Waals surface area contributed by atoms with Crippen molar-refractivity contribution in [3.05, 3.63) is 51.8 Å². The number of halogens is 2. The molecule has 0 atom stereocenters. The van der Waals surface area contributed by atoms with Gasteiger partial charge in [0.05, 0.1) is 10.6 Å². The molecule has 0 fully saturated rings. The van der Waals surface area contributed by atoms with Crippen LogP contribution in [0.5, 0.6) is 0 Å². The van der Waals surface area contributed by atoms with Crippen LogP contribution in [0.1, 0.15) is 5.69 Å². The maximum Gasteiger partial charge on any atom is 0.298 e. The first-order valence-corrected chi connectivity index (χ1v) is 4.92. The van der Waals surface area contributed by atoms with Gasteiger partial charge < -0.3 is 5.73 Å². The molecule has 0 aliphatic heterocycles. The van der Waals surface area contributed by atoms with Crippen molar-refractivity contribution in [3.8, 4) is 5.69 Å². The fraction of sp³-hybridized carbons (Fsp3) is 0.100. The first kappa shape index (κ1) is 12.1. The Kier molecular flexibility index (Phi) is 3.02. The van der Waals surface area contributed by atoms with Crippen molar-refractivity contribution in [3.63, 3.8) is 0 Å². The molecule has 6 nitrogen and oxygen atoms in total. The van der Waals surface area contributed by atoms with Gasteiger partial charge in [-0.2, -0.15) is 5.10 Å². The van der Waals surface area contributed by atoms with Gasteiger partial charge in [0.1, 0.15) is 0 Å². The second-order valence-electron chi connectivity index (χ2n) is 3.44. The predicted octanol–water partition coefficient (Wildman–Crippen LogP) is 1.52. The quantitative estimate of drug-likeness (QED) is 0.664. The Morgan fingerprint density at radius 2 is 2.11 bits per heavy atom. The minimum atomic E-state index is -1.32. The molecule has 8 heteroatoms. The van der Waals surface area contributed by atoms with Gasteiger partial charge in [0, 0.05) is 18.8 Å². The Balaban J connectivity index is 2.67. The van der Waals surface area contributed by atoms with Crippen LogP contribution >= 0.6 is 0 Å². The van der Waals surface area contributed by atoms with Crippen molar-refractivity contribution >= 4 is 5.69 Å². The van der Waals surface area contributed by atoms with Crippen molar-refractivity contribution < 1.29 is 13.7 Å². The molecule has 1 heterocycles. The van der Waals surface area contributed by atoms with Crippen LogP contribution in [0, 0.1) is 21.7 Å². The van der Waals surface area contributed by atoms with Gasteiger partial charge in [0.2, 0.25) is 0 Å². The van der Waals surface area contributed by atoms with E-state index in [1.165, 1.54) is 12.3 Å². The van der Waals surface area contributed by atoms with Gasteiger partial charge in [0.25, 0.3) is 5.69 Å². The summed E-state index contributed by atoms with van der Waals surface area (Å²) in [5, 5.41) is 14.6. The van der Waals surface area contributed by atoms with E-state index in [9.17, 15) is 18.9 Å². The number of nitro benzene ring substituents is 1. The number of hydrogen-bond donors (Lipinski definition) is 1. The Morgan fingerprint density at radius 1 is 1.39 bits per heavy atom. The lowest BCUT2D eigenvalue weighted by atomic mass is 10.2. The summed E-state index contributed by atoms with van der Waals surface area (Å²) in [5.74, 6) is -2.50. The van der Waals surface area contributed by atoms with Crippen LogP contribution in [-0.2, 0) is 6.54 Å². The van der Waals surface area contributed by atoms with Crippen LogP contribution in [0.25, 0.3) is 5.69 Å². The highest BCUT2D eigenvalue weighted by Crippen LogP contribution is 2.27. The zero-order valence-corrected chi connectivity index (χ0v) is 9.01. The van der Waals surface area contributed by atoms with Crippen LogP contribution in [0.4, 0.5) is 14.5 Å². The normalized spacial score (nSPS) is 10.6. The molecule has 0 unspecified atom stereocenters. The van der Waals surface area contributed by atoms with Gasteiger partial charge >= 0.3 is 0 Å². The first-order chi connectivity index (χ1) is 8.54. The molecule has 2 aromatic rings. The zero-order valence-electron chi connectivity index (χ0n) is 9.01. The Hall–Kier alpha value is -2.35. The van der Waals surface area contributed by atoms with E-state index in [2.05, 4.69) is 5.10 Å². The third kappa shape index (κ3) is 1.93. The summed E-state index contributed by atoms with van der Waals surface area (Å²) in [5.41, 5.74) is 4.63. The number of rotatable bonds is 3. The minimum Gasteiger partial charge on any atom is -0.325 e. The molecule has 0 saturated carbocycles. The largest absolute Gasteiger partial charge is 0.325 e. The number of nitrogens with zero attached hydrogens (tertiary/aromatic N) is 3. The molecule has 18 heavy (non-hydrogen) atoms. The van der Waals surface area contributed by atoms with E-state index in [1.807, 2.05) is 0 Å². The standard InChI is InChI=1S/C10H8F2N4O2/c11-7-1-2-8(16(17)18)10(9(7)12)15-4-3-6(5-13)14-15/h1-4H,5,13H2. The molecule has 0 radical (unpaired) electrons. The zero-order chi connectivity index (χ0) is 13.3. The van der Waals surface area contributed by atoms with Crippen molar-refractivity contribution in [2.24, 2.45) is 5.73 Å². The van der Waals surface area contributed by atoms with E-state index in [0.717, 1.165) is 10.7 Å². The summed E-state index contributed by atoms with van der Waals surface area (Å²) in [4.78, 5) is 9.98. The average Bonchev–Trinajstić information content (AvgIpc) is 2.80. The van der Waals surface area contributed by atoms with E-state index >= 15 is 0 Å². The second kappa shape index (κ2) is 4.49. The predicted molar refractivity (Wildman–Crippen MR) is 58.0 cm³/mol. The van der Waals surface area contributed by atoms with Crippen LogP contribution in [0.2, 0.25) is 0 Å². The lowest BCUT2D eigenvalue weighted by Gasteiger charge is -2.05. The van der Waals surface area contributed by atoms with E-state index in [0.29, 0.717) is 11.8 Å². The van der Waals surface area contributed by atoms with Crippen molar-refractivity contribution in [1.29, 1.82) is 0 Å².